The van der Waals surface area contributed by atoms with Crippen LogP contribution in [0.5, 0.6) is 0 Å². The number of carbonyl (C=O) groups excluding carboxylic acids is 2. The predicted molar refractivity (Wildman–Crippen MR) is 93.8 cm³/mol. The minimum absolute atomic E-state index is 0.0790. The lowest BCUT2D eigenvalue weighted by molar-refractivity contribution is -0.130. The van der Waals surface area contributed by atoms with E-state index in [0.717, 1.165) is 11.1 Å². The van der Waals surface area contributed by atoms with Gasteiger partial charge >= 0.3 is 0 Å². The van der Waals surface area contributed by atoms with Crippen LogP contribution in [0.4, 0.5) is 0 Å². The monoisotopic (exact) mass is 325 g/mol. The van der Waals surface area contributed by atoms with Gasteiger partial charge in [0.05, 0.1) is 5.92 Å². The fraction of sp³-hybridized carbons (Fsp3) is 0.263. The van der Waals surface area contributed by atoms with Gasteiger partial charge in [0.15, 0.2) is 0 Å². The summed E-state index contributed by atoms with van der Waals surface area (Å²) in [6, 6.07) is 18.3. The molecule has 4 N–H and O–H groups in total. The molecule has 0 saturated heterocycles. The van der Waals surface area contributed by atoms with Crippen molar-refractivity contribution >= 4 is 11.8 Å². The first-order valence-electron chi connectivity index (χ1n) is 7.95. The van der Waals surface area contributed by atoms with Gasteiger partial charge in [-0.05, 0) is 17.0 Å². The van der Waals surface area contributed by atoms with E-state index in [1.165, 1.54) is 0 Å². The summed E-state index contributed by atoms with van der Waals surface area (Å²) >= 11 is 0. The number of hydrogen-bond donors (Lipinski definition) is 3. The topological polar surface area (TPSA) is 84.2 Å². The maximum atomic E-state index is 12.9. The molecule has 1 atom stereocenters. The van der Waals surface area contributed by atoms with E-state index < -0.39 is 17.9 Å². The summed E-state index contributed by atoms with van der Waals surface area (Å²) in [6.45, 7) is 3.72. The number of hydrazine groups is 1. The highest BCUT2D eigenvalue weighted by Crippen LogP contribution is 2.25. The van der Waals surface area contributed by atoms with Crippen LogP contribution in [0.25, 0.3) is 0 Å². The number of benzene rings is 2. The van der Waals surface area contributed by atoms with E-state index in [-0.39, 0.29) is 11.8 Å². The normalized spacial score (nSPS) is 12.0. The molecule has 2 rings (SSSR count). The van der Waals surface area contributed by atoms with Gasteiger partial charge in [-0.3, -0.25) is 15.0 Å². The van der Waals surface area contributed by atoms with E-state index in [4.69, 9.17) is 5.84 Å². The van der Waals surface area contributed by atoms with Gasteiger partial charge in [-0.25, -0.2) is 5.84 Å². The fourth-order valence-electron chi connectivity index (χ4n) is 2.65. The molecule has 0 radical (unpaired) electrons. The Hall–Kier alpha value is -2.66. The van der Waals surface area contributed by atoms with Crippen LogP contribution in [0.15, 0.2) is 60.7 Å². The highest BCUT2D eigenvalue weighted by Gasteiger charge is 2.29. The molecule has 2 aromatic rings. The molecule has 0 aliphatic heterocycles. The van der Waals surface area contributed by atoms with Gasteiger partial charge in [-0.15, -0.1) is 0 Å². The lowest BCUT2D eigenvalue weighted by atomic mass is 9.89. The molecule has 5 nitrogen and oxygen atoms in total. The quantitative estimate of drug-likeness (QED) is 0.431. The van der Waals surface area contributed by atoms with Gasteiger partial charge in [-0.1, -0.05) is 74.5 Å². The number of hydrogen-bond acceptors (Lipinski definition) is 3. The van der Waals surface area contributed by atoms with Gasteiger partial charge < -0.3 is 5.32 Å². The zero-order valence-corrected chi connectivity index (χ0v) is 13.9. The Bertz CT molecular complexity index is 632. The molecule has 0 heterocycles. The van der Waals surface area contributed by atoms with Crippen molar-refractivity contribution in [1.82, 2.24) is 10.7 Å². The molecule has 1 unspecified atom stereocenters. The van der Waals surface area contributed by atoms with Crippen LogP contribution in [0, 0.1) is 5.92 Å². The number of nitrogens with one attached hydrogen (secondary N) is 2. The van der Waals surface area contributed by atoms with E-state index in [0.29, 0.717) is 0 Å². The third kappa shape index (κ3) is 4.20. The van der Waals surface area contributed by atoms with Crippen LogP contribution in [0.1, 0.15) is 30.9 Å². The molecule has 0 bridgehead atoms. The number of rotatable bonds is 6. The molecule has 0 fully saturated rings. The Balaban J connectivity index is 2.34. The van der Waals surface area contributed by atoms with Gasteiger partial charge in [0, 0.05) is 0 Å². The Morgan fingerprint density at radius 2 is 1.29 bits per heavy atom. The van der Waals surface area contributed by atoms with Crippen LogP contribution in [-0.4, -0.2) is 17.9 Å². The smallest absolute Gasteiger partial charge is 0.256 e. The molecule has 0 aliphatic rings. The minimum atomic E-state index is -0.683. The summed E-state index contributed by atoms with van der Waals surface area (Å²) in [4.78, 5) is 24.9. The fourth-order valence-corrected chi connectivity index (χ4v) is 2.65. The van der Waals surface area contributed by atoms with Crippen LogP contribution in [0.3, 0.4) is 0 Å². The number of amides is 2. The Labute approximate surface area is 142 Å². The van der Waals surface area contributed by atoms with Crippen LogP contribution < -0.4 is 16.6 Å². The van der Waals surface area contributed by atoms with E-state index in [2.05, 4.69) is 10.7 Å². The predicted octanol–water partition coefficient (Wildman–Crippen LogP) is 1.95. The highest BCUT2D eigenvalue weighted by atomic mass is 16.2. The van der Waals surface area contributed by atoms with Crippen molar-refractivity contribution < 1.29 is 9.59 Å². The lowest BCUT2D eigenvalue weighted by Gasteiger charge is -2.24. The lowest BCUT2D eigenvalue weighted by Crippen LogP contribution is -2.52. The third-order valence-corrected chi connectivity index (χ3v) is 3.92. The Morgan fingerprint density at radius 1 is 0.833 bits per heavy atom. The van der Waals surface area contributed by atoms with Crippen LogP contribution >= 0.6 is 0 Å². The summed E-state index contributed by atoms with van der Waals surface area (Å²) in [5.41, 5.74) is 3.86. The maximum absolute atomic E-state index is 12.9. The Kier molecular flexibility index (Phi) is 6.09. The van der Waals surface area contributed by atoms with Crippen LogP contribution in [0.2, 0.25) is 0 Å². The summed E-state index contributed by atoms with van der Waals surface area (Å²) in [7, 11) is 0. The van der Waals surface area contributed by atoms with Crippen molar-refractivity contribution in [1.29, 1.82) is 0 Å². The summed E-state index contributed by atoms with van der Waals surface area (Å²) in [5, 5.41) is 2.83. The van der Waals surface area contributed by atoms with E-state index in [1.807, 2.05) is 74.5 Å². The molecular weight excluding hydrogens is 302 g/mol. The number of carbonyl (C=O) groups is 2. The molecule has 0 aliphatic carbocycles. The highest BCUT2D eigenvalue weighted by molar-refractivity contribution is 5.92. The molecule has 2 amide bonds. The SMILES string of the molecule is CC(C)C(NC(=O)C(c1ccccc1)c1ccccc1)C(=O)NN. The standard InChI is InChI=1S/C19H23N3O2/c1-13(2)17(19(24)22-20)21-18(23)16(14-9-5-3-6-10-14)15-11-7-4-8-12-15/h3-13,16-17H,20H2,1-2H3,(H,21,23)(H,22,24). The molecule has 24 heavy (non-hydrogen) atoms. The molecule has 0 aromatic heterocycles. The average molecular weight is 325 g/mol. The van der Waals surface area contributed by atoms with E-state index in [1.54, 1.807) is 0 Å². The second kappa shape index (κ2) is 8.26. The first kappa shape index (κ1) is 17.7. The van der Waals surface area contributed by atoms with Gasteiger partial charge in [0.2, 0.25) is 5.91 Å². The zero-order chi connectivity index (χ0) is 17.5. The molecule has 0 spiro atoms. The first-order chi connectivity index (χ1) is 11.5. The molecule has 5 heteroatoms. The van der Waals surface area contributed by atoms with Gasteiger partial charge in [0.25, 0.3) is 5.91 Å². The largest absolute Gasteiger partial charge is 0.343 e. The Morgan fingerprint density at radius 3 is 1.67 bits per heavy atom. The summed E-state index contributed by atoms with van der Waals surface area (Å²) in [5.74, 6) is 4.04. The van der Waals surface area contributed by atoms with E-state index in [9.17, 15) is 9.59 Å². The zero-order valence-electron chi connectivity index (χ0n) is 13.9. The number of nitrogens with two attached hydrogens (primary N) is 1. The third-order valence-electron chi connectivity index (χ3n) is 3.92. The van der Waals surface area contributed by atoms with Crippen molar-refractivity contribution in [3.63, 3.8) is 0 Å². The molecule has 126 valence electrons. The van der Waals surface area contributed by atoms with E-state index >= 15 is 0 Å². The molecule has 2 aromatic carbocycles. The summed E-state index contributed by atoms with van der Waals surface area (Å²) in [6.07, 6.45) is 0. The maximum Gasteiger partial charge on any atom is 0.256 e. The van der Waals surface area contributed by atoms with Gasteiger partial charge in [0.1, 0.15) is 6.04 Å². The molecular formula is C19H23N3O2. The second-order valence-corrected chi connectivity index (χ2v) is 5.99. The van der Waals surface area contributed by atoms with Crippen molar-refractivity contribution in [2.75, 3.05) is 0 Å². The van der Waals surface area contributed by atoms with Crippen molar-refractivity contribution in [3.8, 4) is 0 Å². The summed E-state index contributed by atoms with van der Waals surface area (Å²) < 4.78 is 0. The van der Waals surface area contributed by atoms with Crippen molar-refractivity contribution in [3.05, 3.63) is 71.8 Å². The van der Waals surface area contributed by atoms with Crippen molar-refractivity contribution in [2.24, 2.45) is 11.8 Å². The van der Waals surface area contributed by atoms with Crippen molar-refractivity contribution in [2.45, 2.75) is 25.8 Å². The first-order valence-corrected chi connectivity index (χ1v) is 7.95. The van der Waals surface area contributed by atoms with Crippen LogP contribution in [-0.2, 0) is 9.59 Å². The second-order valence-electron chi connectivity index (χ2n) is 5.99. The average Bonchev–Trinajstić information content (AvgIpc) is 2.61. The van der Waals surface area contributed by atoms with Gasteiger partial charge in [-0.2, -0.15) is 0 Å². The minimum Gasteiger partial charge on any atom is -0.343 e. The molecule has 0 saturated carbocycles.